The molecule has 0 amide bonds. The molecule has 0 fully saturated rings. The van der Waals surface area contributed by atoms with Gasteiger partial charge in [-0.2, -0.15) is 0 Å². The van der Waals surface area contributed by atoms with Crippen molar-refractivity contribution in [3.63, 3.8) is 0 Å². The average Bonchev–Trinajstić information content (AvgIpc) is 1.27. The number of aliphatic hydroxyl groups is 1. The summed E-state index contributed by atoms with van der Waals surface area (Å²) in [5, 5.41) is 7.34. The van der Waals surface area contributed by atoms with Crippen molar-refractivity contribution in [2.24, 2.45) is 0 Å². The SMILES string of the molecule is Cl.OC(=S)CC(F)F. The first kappa shape index (κ1) is 10.9. The van der Waals surface area contributed by atoms with Crippen LogP contribution in [0.2, 0.25) is 0 Å². The van der Waals surface area contributed by atoms with E-state index in [4.69, 9.17) is 5.11 Å². The van der Waals surface area contributed by atoms with Crippen molar-refractivity contribution < 1.29 is 13.9 Å². The third kappa shape index (κ3) is 9.40. The van der Waals surface area contributed by atoms with Crippen LogP contribution in [-0.2, 0) is 0 Å². The fourth-order valence-corrected chi connectivity index (χ4v) is 0.258. The first-order valence-electron chi connectivity index (χ1n) is 1.63. The van der Waals surface area contributed by atoms with E-state index in [-0.39, 0.29) is 12.4 Å². The summed E-state index contributed by atoms with van der Waals surface area (Å²) in [7, 11) is 0. The minimum absolute atomic E-state index is 0. The number of alkyl halides is 2. The predicted octanol–water partition coefficient (Wildman–Crippen LogP) is 1.95. The number of hydrogen-bond acceptors (Lipinski definition) is 1. The van der Waals surface area contributed by atoms with Gasteiger partial charge in [0.1, 0.15) is 0 Å². The van der Waals surface area contributed by atoms with Crippen molar-refractivity contribution in [2.75, 3.05) is 0 Å². The molecule has 1 nitrogen and oxygen atoms in total. The molecule has 0 bridgehead atoms. The average molecular weight is 163 g/mol. The van der Waals surface area contributed by atoms with Crippen LogP contribution in [0.3, 0.4) is 0 Å². The van der Waals surface area contributed by atoms with Gasteiger partial charge in [0.25, 0.3) is 0 Å². The van der Waals surface area contributed by atoms with Crippen molar-refractivity contribution in [1.29, 1.82) is 0 Å². The molecule has 50 valence electrons. The Bertz CT molecular complexity index is 77.7. The third-order valence-corrected chi connectivity index (χ3v) is 0.496. The Morgan fingerprint density at radius 3 is 2.00 bits per heavy atom. The Hall–Kier alpha value is 0.0400. The molecule has 0 heterocycles. The van der Waals surface area contributed by atoms with Crippen molar-refractivity contribution in [1.82, 2.24) is 0 Å². The van der Waals surface area contributed by atoms with Gasteiger partial charge in [0.05, 0.1) is 6.42 Å². The molecule has 1 N–H and O–H groups in total. The lowest BCUT2D eigenvalue weighted by Gasteiger charge is -1.90. The molecule has 8 heavy (non-hydrogen) atoms. The van der Waals surface area contributed by atoms with Crippen LogP contribution in [0.5, 0.6) is 0 Å². The molecular weight excluding hydrogens is 158 g/mol. The fraction of sp³-hybridized carbons (Fsp3) is 0.667. The second-order valence-corrected chi connectivity index (χ2v) is 1.46. The molecule has 0 aromatic rings. The van der Waals surface area contributed by atoms with Crippen LogP contribution in [0.25, 0.3) is 0 Å². The first-order valence-corrected chi connectivity index (χ1v) is 2.03. The molecule has 0 aromatic heterocycles. The van der Waals surface area contributed by atoms with Gasteiger partial charge in [-0.15, -0.1) is 12.4 Å². The lowest BCUT2D eigenvalue weighted by molar-refractivity contribution is 0.153. The predicted molar refractivity (Wildman–Crippen MR) is 33.1 cm³/mol. The molecule has 0 aromatic carbocycles. The molecule has 0 rings (SSSR count). The van der Waals surface area contributed by atoms with Crippen molar-refractivity contribution in [3.05, 3.63) is 0 Å². The van der Waals surface area contributed by atoms with Gasteiger partial charge in [-0.3, -0.25) is 0 Å². The highest BCUT2D eigenvalue weighted by Gasteiger charge is 2.03. The van der Waals surface area contributed by atoms with E-state index in [2.05, 4.69) is 12.2 Å². The standard InChI is InChI=1S/C3H4F2OS.ClH/c4-2(5)1-3(6)7;/h2H,1H2,(H,6,7);1H. The van der Waals surface area contributed by atoms with E-state index in [0.717, 1.165) is 0 Å². The van der Waals surface area contributed by atoms with Crippen LogP contribution in [0, 0.1) is 0 Å². The van der Waals surface area contributed by atoms with E-state index in [1.54, 1.807) is 0 Å². The fourth-order valence-electron chi connectivity index (χ4n) is 0.132. The Balaban J connectivity index is 0. The molecular formula is C3H5ClF2OS. The topological polar surface area (TPSA) is 20.2 Å². The van der Waals surface area contributed by atoms with Gasteiger partial charge >= 0.3 is 0 Å². The summed E-state index contributed by atoms with van der Waals surface area (Å²) < 4.78 is 22.1. The summed E-state index contributed by atoms with van der Waals surface area (Å²) in [4.78, 5) is 0. The second-order valence-electron chi connectivity index (χ2n) is 0.989. The van der Waals surface area contributed by atoms with E-state index in [0.29, 0.717) is 0 Å². The number of rotatable bonds is 2. The van der Waals surface area contributed by atoms with Crippen LogP contribution < -0.4 is 0 Å². The maximum Gasteiger partial charge on any atom is 0.246 e. The van der Waals surface area contributed by atoms with Crippen molar-refractivity contribution in [3.8, 4) is 0 Å². The third-order valence-electron chi connectivity index (χ3n) is 0.329. The molecule has 0 aliphatic carbocycles. The van der Waals surface area contributed by atoms with Gasteiger partial charge in [-0.25, -0.2) is 8.78 Å². The maximum absolute atomic E-state index is 11.0. The lowest BCUT2D eigenvalue weighted by atomic mass is 10.5. The molecule has 5 heteroatoms. The number of halogens is 3. The van der Waals surface area contributed by atoms with E-state index >= 15 is 0 Å². The van der Waals surface area contributed by atoms with Crippen LogP contribution in [0.4, 0.5) is 8.78 Å². The largest absolute Gasteiger partial charge is 0.502 e. The zero-order chi connectivity index (χ0) is 5.86. The highest BCUT2D eigenvalue weighted by molar-refractivity contribution is 7.80. The number of aliphatic hydroxyl groups excluding tert-OH is 1. The van der Waals surface area contributed by atoms with Crippen molar-refractivity contribution >= 4 is 29.7 Å². The Kier molecular flexibility index (Phi) is 7.08. The van der Waals surface area contributed by atoms with Crippen LogP contribution >= 0.6 is 24.6 Å². The van der Waals surface area contributed by atoms with Gasteiger partial charge in [-0.1, -0.05) is 0 Å². The van der Waals surface area contributed by atoms with Gasteiger partial charge in [-0.05, 0) is 12.2 Å². The Morgan fingerprint density at radius 2 is 2.00 bits per heavy atom. The van der Waals surface area contributed by atoms with Crippen LogP contribution in [0.15, 0.2) is 0 Å². The number of hydrogen-bond donors (Lipinski definition) is 1. The molecule has 0 radical (unpaired) electrons. The summed E-state index contributed by atoms with van der Waals surface area (Å²) in [6, 6.07) is 0. The summed E-state index contributed by atoms with van der Waals surface area (Å²) in [6.07, 6.45) is -3.20. The van der Waals surface area contributed by atoms with E-state index in [9.17, 15) is 8.78 Å². The molecule has 0 aliphatic heterocycles. The number of thiocarbonyl (C=S) groups is 1. The monoisotopic (exact) mass is 162 g/mol. The van der Waals surface area contributed by atoms with E-state index in [1.165, 1.54) is 0 Å². The maximum atomic E-state index is 11.0. The van der Waals surface area contributed by atoms with Crippen LogP contribution in [-0.4, -0.2) is 16.6 Å². The molecule has 0 aliphatic rings. The highest BCUT2D eigenvalue weighted by atomic mass is 35.5. The smallest absolute Gasteiger partial charge is 0.246 e. The summed E-state index contributed by atoms with van der Waals surface area (Å²) in [5.74, 6) is 0. The van der Waals surface area contributed by atoms with E-state index in [1.807, 2.05) is 0 Å². The normalized spacial score (nSPS) is 8.38. The summed E-state index contributed by atoms with van der Waals surface area (Å²) in [5.41, 5.74) is 0. The van der Waals surface area contributed by atoms with Gasteiger partial charge in [0, 0.05) is 0 Å². The summed E-state index contributed by atoms with van der Waals surface area (Å²) >= 11 is 3.95. The summed E-state index contributed by atoms with van der Waals surface area (Å²) in [6.45, 7) is 0. The Morgan fingerprint density at radius 1 is 1.62 bits per heavy atom. The molecule has 0 saturated heterocycles. The zero-order valence-electron chi connectivity index (χ0n) is 3.80. The van der Waals surface area contributed by atoms with E-state index < -0.39 is 17.9 Å². The minimum atomic E-state index is -2.52. The minimum Gasteiger partial charge on any atom is -0.502 e. The highest BCUT2D eigenvalue weighted by Crippen LogP contribution is 1.97. The molecule has 0 atom stereocenters. The van der Waals surface area contributed by atoms with Gasteiger partial charge < -0.3 is 5.11 Å². The molecule has 0 saturated carbocycles. The molecule has 0 unspecified atom stereocenters. The van der Waals surface area contributed by atoms with Gasteiger partial charge in [0.15, 0.2) is 5.05 Å². The zero-order valence-corrected chi connectivity index (χ0v) is 5.44. The Labute approximate surface area is 57.1 Å². The lowest BCUT2D eigenvalue weighted by Crippen LogP contribution is -1.98. The second kappa shape index (κ2) is 5.18. The molecule has 0 spiro atoms. The van der Waals surface area contributed by atoms with Crippen molar-refractivity contribution in [2.45, 2.75) is 12.8 Å². The first-order chi connectivity index (χ1) is 3.13. The van der Waals surface area contributed by atoms with Crippen LogP contribution in [0.1, 0.15) is 6.42 Å². The quantitative estimate of drug-likeness (QED) is 0.627. The van der Waals surface area contributed by atoms with Gasteiger partial charge in [0.2, 0.25) is 6.43 Å².